The van der Waals surface area contributed by atoms with Gasteiger partial charge in [0.25, 0.3) is 5.91 Å². The van der Waals surface area contributed by atoms with Gasteiger partial charge in [-0.2, -0.15) is 5.10 Å². The quantitative estimate of drug-likeness (QED) is 0.402. The minimum absolute atomic E-state index is 0.0418. The molecule has 7 N–H and O–H groups in total. The summed E-state index contributed by atoms with van der Waals surface area (Å²) < 4.78 is 7.58. The summed E-state index contributed by atoms with van der Waals surface area (Å²) in [5, 5.41) is 7.35. The van der Waals surface area contributed by atoms with Crippen LogP contribution in [0.3, 0.4) is 0 Å². The largest absolute Gasteiger partial charge is 0.493 e. The van der Waals surface area contributed by atoms with Gasteiger partial charge in [0.05, 0.1) is 18.3 Å². The van der Waals surface area contributed by atoms with E-state index in [1.54, 1.807) is 29.0 Å². The zero-order valence-corrected chi connectivity index (χ0v) is 17.7. The van der Waals surface area contributed by atoms with Crippen LogP contribution in [0.4, 0.5) is 0 Å². The Morgan fingerprint density at radius 2 is 2.16 bits per heavy atom. The first kappa shape index (κ1) is 21.1. The Labute approximate surface area is 180 Å². The second-order valence-electron chi connectivity index (χ2n) is 8.27. The number of nitrogens with two attached hydrogens (primary N) is 3. The molecule has 9 nitrogen and oxygen atoms in total. The highest BCUT2D eigenvalue weighted by Crippen LogP contribution is 2.55. The van der Waals surface area contributed by atoms with Gasteiger partial charge in [-0.15, -0.1) is 6.58 Å². The molecule has 31 heavy (non-hydrogen) atoms. The average molecular weight is 425 g/mol. The van der Waals surface area contributed by atoms with E-state index >= 15 is 0 Å². The van der Waals surface area contributed by atoms with Crippen LogP contribution in [0.25, 0.3) is 0 Å². The molecule has 0 saturated heterocycles. The molecular weight excluding hydrogens is 396 g/mol. The van der Waals surface area contributed by atoms with Gasteiger partial charge in [0, 0.05) is 29.5 Å². The molecular formula is C22H28N6O3. The highest BCUT2D eigenvalue weighted by atomic mass is 16.5. The summed E-state index contributed by atoms with van der Waals surface area (Å²) in [5.41, 5.74) is 20.7. The van der Waals surface area contributed by atoms with Crippen molar-refractivity contribution in [2.75, 3.05) is 6.61 Å². The number of hydrogen-bond donors (Lipinski definition) is 4. The lowest BCUT2D eigenvalue weighted by Crippen LogP contribution is -2.64. The molecule has 0 saturated carbocycles. The number of carbonyl (C=O) groups is 2. The maximum atomic E-state index is 13.3. The third-order valence-corrected chi connectivity index (χ3v) is 6.29. The van der Waals surface area contributed by atoms with E-state index in [0.717, 1.165) is 11.3 Å². The predicted molar refractivity (Wildman–Crippen MR) is 115 cm³/mol. The van der Waals surface area contributed by atoms with Gasteiger partial charge in [0.2, 0.25) is 5.91 Å². The molecule has 9 heteroatoms. The number of nitrogens with zero attached hydrogens (tertiary/aromatic N) is 2. The zero-order chi connectivity index (χ0) is 22.5. The molecule has 2 amide bonds. The number of carbonyl (C=O) groups excluding carboxylic acids is 2. The number of primary amides is 1. The number of nitrogens with one attached hydrogen (secondary N) is 1. The van der Waals surface area contributed by atoms with Gasteiger partial charge in [-0.25, -0.2) is 0 Å². The van der Waals surface area contributed by atoms with Crippen LogP contribution in [0.1, 0.15) is 63.0 Å². The first-order chi connectivity index (χ1) is 14.7. The zero-order valence-electron chi connectivity index (χ0n) is 17.7. The summed E-state index contributed by atoms with van der Waals surface area (Å²) in [6, 6.07) is 4.23. The molecule has 1 aliphatic heterocycles. The number of rotatable bonds is 6. The number of hydrogen-bond acceptors (Lipinski definition) is 6. The third kappa shape index (κ3) is 3.21. The van der Waals surface area contributed by atoms with E-state index in [1.165, 1.54) is 0 Å². The van der Waals surface area contributed by atoms with Crippen LogP contribution < -0.4 is 27.3 Å². The highest BCUT2D eigenvalue weighted by Gasteiger charge is 2.56. The molecule has 164 valence electrons. The monoisotopic (exact) mass is 424 g/mol. The minimum atomic E-state index is -1.29. The molecule has 0 radical (unpaired) electrons. The van der Waals surface area contributed by atoms with Crippen molar-refractivity contribution in [3.05, 3.63) is 58.9 Å². The minimum Gasteiger partial charge on any atom is -0.493 e. The number of aromatic nitrogens is 2. The molecule has 0 bridgehead atoms. The number of allylic oxidation sites excluding steroid dienone is 1. The lowest BCUT2D eigenvalue weighted by molar-refractivity contribution is 0.0793. The van der Waals surface area contributed by atoms with Crippen LogP contribution in [0.2, 0.25) is 0 Å². The third-order valence-electron chi connectivity index (χ3n) is 6.29. The Kier molecular flexibility index (Phi) is 5.10. The SMILES string of the molecule is C=CCC1COc2cc(C(N)=O)cc3c2C1[C@@](N)(NC(=O)c1cc(C)nn1CC)C3N. The van der Waals surface area contributed by atoms with E-state index in [4.69, 9.17) is 21.9 Å². The smallest absolute Gasteiger partial charge is 0.271 e. The Hall–Kier alpha value is -3.17. The molecule has 2 aliphatic rings. The fourth-order valence-corrected chi connectivity index (χ4v) is 4.91. The lowest BCUT2D eigenvalue weighted by atomic mass is 9.77. The van der Waals surface area contributed by atoms with Gasteiger partial charge in [-0.05, 0) is 44.0 Å². The molecule has 2 aromatic rings. The normalized spacial score (nSPS) is 26.1. The maximum absolute atomic E-state index is 13.3. The molecule has 1 aromatic heterocycles. The number of aryl methyl sites for hydroxylation is 2. The van der Waals surface area contributed by atoms with Crippen molar-refractivity contribution in [2.45, 2.75) is 44.4 Å². The van der Waals surface area contributed by atoms with E-state index < -0.39 is 17.6 Å². The first-order valence-electron chi connectivity index (χ1n) is 10.3. The topological polar surface area (TPSA) is 151 Å². The van der Waals surface area contributed by atoms with Gasteiger partial charge < -0.3 is 27.3 Å². The van der Waals surface area contributed by atoms with Gasteiger partial charge in [0.1, 0.15) is 17.1 Å². The number of amides is 2. The second-order valence-corrected chi connectivity index (χ2v) is 8.27. The fourth-order valence-electron chi connectivity index (χ4n) is 4.91. The van der Waals surface area contributed by atoms with Crippen LogP contribution >= 0.6 is 0 Å². The van der Waals surface area contributed by atoms with Crippen molar-refractivity contribution < 1.29 is 14.3 Å². The van der Waals surface area contributed by atoms with Crippen LogP contribution in [-0.2, 0) is 6.54 Å². The summed E-state index contributed by atoms with van der Waals surface area (Å²) >= 11 is 0. The summed E-state index contributed by atoms with van der Waals surface area (Å²) in [5.74, 6) is -0.763. The van der Waals surface area contributed by atoms with Gasteiger partial charge in [-0.3, -0.25) is 14.3 Å². The van der Waals surface area contributed by atoms with Crippen molar-refractivity contribution in [1.82, 2.24) is 15.1 Å². The van der Waals surface area contributed by atoms with E-state index in [2.05, 4.69) is 17.0 Å². The predicted octanol–water partition coefficient (Wildman–Crippen LogP) is 1.08. The van der Waals surface area contributed by atoms with Crippen molar-refractivity contribution in [3.63, 3.8) is 0 Å². The molecule has 2 heterocycles. The Bertz CT molecular complexity index is 1080. The first-order valence-corrected chi connectivity index (χ1v) is 10.3. The van der Waals surface area contributed by atoms with Crippen LogP contribution in [0.5, 0.6) is 5.75 Å². The standard InChI is InChI=1S/C22H28N6O3/c1-4-6-12-10-31-16-9-13(20(24)29)8-14-17(16)18(12)22(25,19(14)23)26-21(30)15-7-11(3)27-28(15)5-2/h4,7-9,12,18-19H,1,5-6,10,23,25H2,2-3H3,(H2,24,29)(H,26,30)/t12?,18?,19?,22-/m1/s1. The number of benzene rings is 1. The summed E-state index contributed by atoms with van der Waals surface area (Å²) in [4.78, 5) is 25.1. The number of ether oxygens (including phenoxy) is 1. The maximum Gasteiger partial charge on any atom is 0.271 e. The molecule has 1 aromatic carbocycles. The molecule has 0 spiro atoms. The molecule has 1 aliphatic carbocycles. The molecule has 4 rings (SSSR count). The second kappa shape index (κ2) is 7.51. The summed E-state index contributed by atoms with van der Waals surface area (Å²) in [7, 11) is 0. The molecule has 4 atom stereocenters. The molecule has 0 fully saturated rings. The Morgan fingerprint density at radius 3 is 2.81 bits per heavy atom. The summed E-state index contributed by atoms with van der Waals surface area (Å²) in [6.45, 7) is 8.49. The van der Waals surface area contributed by atoms with E-state index in [0.29, 0.717) is 42.1 Å². The lowest BCUT2D eigenvalue weighted by Gasteiger charge is -2.41. The van der Waals surface area contributed by atoms with Crippen LogP contribution in [-0.4, -0.2) is 33.9 Å². The molecule has 3 unspecified atom stereocenters. The van der Waals surface area contributed by atoms with Crippen LogP contribution in [0, 0.1) is 12.8 Å². The fraction of sp³-hybridized carbons (Fsp3) is 0.409. The highest BCUT2D eigenvalue weighted by molar-refractivity contribution is 5.95. The van der Waals surface area contributed by atoms with Crippen molar-refractivity contribution in [3.8, 4) is 5.75 Å². The Morgan fingerprint density at radius 1 is 1.42 bits per heavy atom. The Balaban J connectivity index is 1.80. The van der Waals surface area contributed by atoms with Gasteiger partial charge in [-0.1, -0.05) is 6.08 Å². The van der Waals surface area contributed by atoms with Gasteiger partial charge in [0.15, 0.2) is 0 Å². The van der Waals surface area contributed by atoms with E-state index in [9.17, 15) is 9.59 Å². The van der Waals surface area contributed by atoms with Gasteiger partial charge >= 0.3 is 0 Å². The van der Waals surface area contributed by atoms with Crippen LogP contribution in [0.15, 0.2) is 30.9 Å². The average Bonchev–Trinajstić information content (AvgIpc) is 3.22. The summed E-state index contributed by atoms with van der Waals surface area (Å²) in [6.07, 6.45) is 2.44. The van der Waals surface area contributed by atoms with Crippen molar-refractivity contribution in [2.24, 2.45) is 23.1 Å². The van der Waals surface area contributed by atoms with Crippen molar-refractivity contribution >= 4 is 11.8 Å². The van der Waals surface area contributed by atoms with Crippen molar-refractivity contribution in [1.29, 1.82) is 0 Å². The van der Waals surface area contributed by atoms with E-state index in [-0.39, 0.29) is 17.7 Å². The van der Waals surface area contributed by atoms with E-state index in [1.807, 2.05) is 13.8 Å².